The molecule has 1 aromatic rings. The normalized spacial score (nSPS) is 35.6. The Kier molecular flexibility index (Phi) is 6.69. The predicted molar refractivity (Wildman–Crippen MR) is 118 cm³/mol. The van der Waals surface area contributed by atoms with Gasteiger partial charge in [0.2, 0.25) is 0 Å². The number of alkyl halides is 2. The summed E-state index contributed by atoms with van der Waals surface area (Å²) in [6.07, 6.45) is 4.59. The maximum Gasteiger partial charge on any atom is 0.387 e. The Labute approximate surface area is 192 Å². The Morgan fingerprint density at radius 2 is 1.85 bits per heavy atom. The lowest BCUT2D eigenvalue weighted by atomic mass is 9.60. The maximum absolute atomic E-state index is 12.5. The number of benzene rings is 1. The number of ether oxygens (including phenoxy) is 2. The zero-order valence-corrected chi connectivity index (χ0v) is 18.8. The summed E-state index contributed by atoms with van der Waals surface area (Å²) in [4.78, 5) is 12.5. The van der Waals surface area contributed by atoms with Gasteiger partial charge in [-0.2, -0.15) is 8.78 Å². The van der Waals surface area contributed by atoms with Gasteiger partial charge in [-0.25, -0.2) is 5.01 Å². The van der Waals surface area contributed by atoms with E-state index in [-0.39, 0.29) is 30.5 Å². The molecule has 2 saturated heterocycles. The molecule has 3 saturated carbocycles. The van der Waals surface area contributed by atoms with Crippen LogP contribution in [-0.4, -0.2) is 67.6 Å². The van der Waals surface area contributed by atoms with Crippen molar-refractivity contribution in [3.05, 3.63) is 24.3 Å². The monoisotopic (exact) mass is 465 g/mol. The standard InChI is InChI=1S/C23H33F2N5O3/c1-13-8-20-22(26-6-7-30(20)29-13)28-19-11-18(14-9-15(19)10-14)27-21(31)12-32-16-2-4-17(5-3-16)33-23(24)25/h2-5,13-15,18-20,22-23,26,28-29H,6-12H2,1H3,(H,27,31). The number of hydrogen-bond acceptors (Lipinski definition) is 7. The number of fused-ring (bicyclic) bond motifs is 3. The molecular weight excluding hydrogens is 432 g/mol. The van der Waals surface area contributed by atoms with E-state index in [1.807, 2.05) is 0 Å². The van der Waals surface area contributed by atoms with Gasteiger partial charge in [0.15, 0.2) is 6.61 Å². The molecule has 4 N–H and O–H groups in total. The number of carbonyl (C=O) groups excluding carboxylic acids is 1. The van der Waals surface area contributed by atoms with Crippen molar-refractivity contribution in [1.82, 2.24) is 26.4 Å². The minimum Gasteiger partial charge on any atom is -0.484 e. The smallest absolute Gasteiger partial charge is 0.387 e. The Hall–Kier alpha value is -2.01. The van der Waals surface area contributed by atoms with Gasteiger partial charge in [-0.15, -0.1) is 0 Å². The van der Waals surface area contributed by atoms with Crippen molar-refractivity contribution in [3.63, 3.8) is 0 Å². The van der Waals surface area contributed by atoms with Gasteiger partial charge in [0.1, 0.15) is 11.5 Å². The fraction of sp³-hybridized carbons (Fsp3) is 0.696. The van der Waals surface area contributed by atoms with E-state index < -0.39 is 6.61 Å². The number of carbonyl (C=O) groups is 1. The van der Waals surface area contributed by atoms with Crippen LogP contribution in [0.3, 0.4) is 0 Å². The highest BCUT2D eigenvalue weighted by atomic mass is 19.3. The van der Waals surface area contributed by atoms with Crippen LogP contribution in [0.4, 0.5) is 8.78 Å². The van der Waals surface area contributed by atoms with E-state index in [0.717, 1.165) is 38.8 Å². The van der Waals surface area contributed by atoms with Crippen LogP contribution in [0.5, 0.6) is 11.5 Å². The SMILES string of the molecule is CC1CC2C(NC3CC(NC(=O)COc4ccc(OC(F)F)cc4)C4CC3C4)NCCN2N1. The third-order valence-electron chi connectivity index (χ3n) is 7.50. The average Bonchev–Trinajstić information content (AvgIpc) is 3.13. The average molecular weight is 466 g/mol. The molecule has 3 aliphatic carbocycles. The van der Waals surface area contributed by atoms with E-state index in [1.165, 1.54) is 24.3 Å². The lowest BCUT2D eigenvalue weighted by Gasteiger charge is -2.53. The highest BCUT2D eigenvalue weighted by Gasteiger charge is 2.48. The summed E-state index contributed by atoms with van der Waals surface area (Å²) < 4.78 is 34.3. The van der Waals surface area contributed by atoms with Gasteiger partial charge < -0.3 is 14.8 Å². The molecule has 8 nitrogen and oxygen atoms in total. The van der Waals surface area contributed by atoms with Gasteiger partial charge in [0, 0.05) is 31.2 Å². The van der Waals surface area contributed by atoms with Crippen molar-refractivity contribution in [2.45, 2.75) is 69.6 Å². The van der Waals surface area contributed by atoms with Crippen LogP contribution in [0.1, 0.15) is 32.6 Å². The van der Waals surface area contributed by atoms with Crippen molar-refractivity contribution in [2.75, 3.05) is 19.7 Å². The fourth-order valence-electron chi connectivity index (χ4n) is 5.86. The van der Waals surface area contributed by atoms with E-state index in [4.69, 9.17) is 4.74 Å². The lowest BCUT2D eigenvalue weighted by molar-refractivity contribution is -0.125. The molecule has 1 amide bonds. The van der Waals surface area contributed by atoms with Crippen LogP contribution in [0.2, 0.25) is 0 Å². The Bertz CT molecular complexity index is 823. The number of halogens is 2. The summed E-state index contributed by atoms with van der Waals surface area (Å²) in [6, 6.07) is 7.30. The highest BCUT2D eigenvalue weighted by molar-refractivity contribution is 5.78. The van der Waals surface area contributed by atoms with Crippen molar-refractivity contribution in [1.29, 1.82) is 0 Å². The summed E-state index contributed by atoms with van der Waals surface area (Å²) >= 11 is 0. The van der Waals surface area contributed by atoms with Gasteiger partial charge in [0.25, 0.3) is 5.91 Å². The lowest BCUT2D eigenvalue weighted by Crippen LogP contribution is -2.68. The number of nitrogens with zero attached hydrogens (tertiary/aromatic N) is 1. The van der Waals surface area contributed by atoms with Gasteiger partial charge in [-0.05, 0) is 68.7 Å². The summed E-state index contributed by atoms with van der Waals surface area (Å²) in [5.41, 5.74) is 3.56. The van der Waals surface area contributed by atoms with Gasteiger partial charge in [-0.1, -0.05) is 0 Å². The van der Waals surface area contributed by atoms with Gasteiger partial charge in [-0.3, -0.25) is 20.9 Å². The third-order valence-corrected chi connectivity index (χ3v) is 7.50. The minimum atomic E-state index is -2.87. The quantitative estimate of drug-likeness (QED) is 0.462. The molecule has 33 heavy (non-hydrogen) atoms. The molecule has 2 aliphatic heterocycles. The molecule has 0 aromatic heterocycles. The van der Waals surface area contributed by atoms with Crippen LogP contribution in [-0.2, 0) is 4.79 Å². The van der Waals surface area contributed by atoms with Crippen molar-refractivity contribution in [2.24, 2.45) is 11.8 Å². The number of hydrogen-bond donors (Lipinski definition) is 4. The molecule has 5 aliphatic rings. The van der Waals surface area contributed by atoms with Crippen LogP contribution < -0.4 is 30.8 Å². The van der Waals surface area contributed by atoms with Crippen LogP contribution in [0.25, 0.3) is 0 Å². The van der Waals surface area contributed by atoms with Gasteiger partial charge in [0.05, 0.1) is 12.2 Å². The molecule has 5 atom stereocenters. The number of piperazine rings is 1. The zero-order valence-electron chi connectivity index (χ0n) is 18.8. The molecule has 0 spiro atoms. The van der Waals surface area contributed by atoms with E-state index in [9.17, 15) is 13.6 Å². The van der Waals surface area contributed by atoms with Crippen LogP contribution >= 0.6 is 0 Å². The molecule has 5 fully saturated rings. The number of hydrazine groups is 1. The number of amides is 1. The topological polar surface area (TPSA) is 86.9 Å². The fourth-order valence-corrected chi connectivity index (χ4v) is 5.86. The second-order valence-corrected chi connectivity index (χ2v) is 9.77. The number of rotatable bonds is 8. The van der Waals surface area contributed by atoms with E-state index >= 15 is 0 Å². The highest BCUT2D eigenvalue weighted by Crippen LogP contribution is 2.46. The first-order valence-corrected chi connectivity index (χ1v) is 11.9. The van der Waals surface area contributed by atoms with Crippen LogP contribution in [0, 0.1) is 11.8 Å². The summed E-state index contributed by atoms with van der Waals surface area (Å²) in [5.74, 6) is 1.54. The first kappa shape index (κ1) is 22.8. The molecule has 182 valence electrons. The first-order valence-electron chi connectivity index (χ1n) is 11.9. The second-order valence-electron chi connectivity index (χ2n) is 9.77. The second kappa shape index (κ2) is 9.69. The Morgan fingerprint density at radius 1 is 1.12 bits per heavy atom. The van der Waals surface area contributed by atoms with Crippen molar-refractivity contribution >= 4 is 5.91 Å². The molecule has 6 rings (SSSR count). The largest absolute Gasteiger partial charge is 0.484 e. The Morgan fingerprint density at radius 3 is 2.61 bits per heavy atom. The first-order chi connectivity index (χ1) is 15.9. The van der Waals surface area contributed by atoms with E-state index in [1.54, 1.807) is 0 Å². The molecule has 0 radical (unpaired) electrons. The molecule has 5 unspecified atom stereocenters. The summed E-state index contributed by atoms with van der Waals surface area (Å²) in [5, 5.41) is 13.1. The Balaban J connectivity index is 1.10. The van der Waals surface area contributed by atoms with Crippen molar-refractivity contribution in [3.8, 4) is 11.5 Å². The third kappa shape index (κ3) is 5.24. The van der Waals surface area contributed by atoms with Gasteiger partial charge >= 0.3 is 6.61 Å². The number of nitrogens with one attached hydrogen (secondary N) is 4. The minimum absolute atomic E-state index is 0.0560. The molecular formula is C23H33F2N5O3. The molecule has 10 heteroatoms. The van der Waals surface area contributed by atoms with E-state index in [2.05, 4.69) is 38.0 Å². The summed E-state index contributed by atoms with van der Waals surface area (Å²) in [6.45, 7) is 1.23. The summed E-state index contributed by atoms with van der Waals surface area (Å²) in [7, 11) is 0. The molecule has 1 aromatic carbocycles. The van der Waals surface area contributed by atoms with E-state index in [0.29, 0.717) is 35.7 Å². The molecule has 2 heterocycles. The predicted octanol–water partition coefficient (Wildman–Crippen LogP) is 1.44. The zero-order chi connectivity index (χ0) is 22.9. The van der Waals surface area contributed by atoms with Crippen LogP contribution in [0.15, 0.2) is 24.3 Å². The van der Waals surface area contributed by atoms with Crippen molar-refractivity contribution < 1.29 is 23.0 Å². The maximum atomic E-state index is 12.5. The molecule has 2 bridgehead atoms.